The molecular formula is C12H16N2O4. The minimum Gasteiger partial charge on any atom is -0.480 e. The maximum atomic E-state index is 11.5. The lowest BCUT2D eigenvalue weighted by Crippen LogP contribution is -2.41. The number of aliphatic carboxylic acids is 1. The molecule has 6 heteroatoms. The van der Waals surface area contributed by atoms with Crippen molar-refractivity contribution in [3.8, 4) is 0 Å². The molecule has 1 rings (SSSR count). The zero-order chi connectivity index (χ0) is 13.4. The second-order valence-corrected chi connectivity index (χ2v) is 3.83. The Morgan fingerprint density at radius 1 is 1.33 bits per heavy atom. The molecule has 0 aliphatic heterocycles. The fraction of sp³-hybridized carbons (Fsp3) is 0.417. The summed E-state index contributed by atoms with van der Waals surface area (Å²) in [4.78, 5) is 26.2. The van der Waals surface area contributed by atoms with Crippen molar-refractivity contribution in [3.63, 3.8) is 0 Å². The smallest absolute Gasteiger partial charge is 0.326 e. The molecule has 0 unspecified atom stereocenters. The number of carbonyl (C=O) groups excluding carboxylic acids is 1. The van der Waals surface area contributed by atoms with Gasteiger partial charge >= 0.3 is 5.97 Å². The largest absolute Gasteiger partial charge is 0.480 e. The summed E-state index contributed by atoms with van der Waals surface area (Å²) >= 11 is 0. The summed E-state index contributed by atoms with van der Waals surface area (Å²) in [5, 5.41) is 19.9. The number of rotatable bonds is 7. The van der Waals surface area contributed by atoms with E-state index >= 15 is 0 Å². The van der Waals surface area contributed by atoms with E-state index in [9.17, 15) is 9.59 Å². The minimum atomic E-state index is -1.14. The van der Waals surface area contributed by atoms with Crippen LogP contribution < -0.4 is 5.32 Å². The Bertz CT molecular complexity index is 394. The van der Waals surface area contributed by atoms with E-state index in [0.717, 1.165) is 5.56 Å². The highest BCUT2D eigenvalue weighted by Crippen LogP contribution is 2.01. The molecule has 1 amide bonds. The van der Waals surface area contributed by atoms with E-state index in [-0.39, 0.29) is 25.4 Å². The van der Waals surface area contributed by atoms with E-state index in [1.807, 2.05) is 0 Å². The van der Waals surface area contributed by atoms with E-state index in [2.05, 4.69) is 10.3 Å². The number of hydrogen-bond donors (Lipinski definition) is 3. The number of aryl methyl sites for hydroxylation is 1. The highest BCUT2D eigenvalue weighted by molar-refractivity contribution is 5.83. The van der Waals surface area contributed by atoms with Crippen LogP contribution in [0.3, 0.4) is 0 Å². The normalized spacial score (nSPS) is 11.8. The SMILES string of the molecule is O=C(CCc1ccncc1)N[C@@H](CCO)C(=O)O. The van der Waals surface area contributed by atoms with Crippen LogP contribution in [0.5, 0.6) is 0 Å². The number of hydrogen-bond acceptors (Lipinski definition) is 4. The monoisotopic (exact) mass is 252 g/mol. The molecule has 0 aliphatic rings. The Morgan fingerprint density at radius 2 is 2.00 bits per heavy atom. The van der Waals surface area contributed by atoms with E-state index < -0.39 is 12.0 Å². The lowest BCUT2D eigenvalue weighted by molar-refractivity contribution is -0.142. The van der Waals surface area contributed by atoms with Crippen molar-refractivity contribution in [3.05, 3.63) is 30.1 Å². The van der Waals surface area contributed by atoms with Gasteiger partial charge in [-0.1, -0.05) is 0 Å². The second kappa shape index (κ2) is 7.39. The molecule has 98 valence electrons. The predicted octanol–water partition coefficient (Wildman–Crippen LogP) is -0.0340. The van der Waals surface area contributed by atoms with Crippen molar-refractivity contribution >= 4 is 11.9 Å². The summed E-state index contributed by atoms with van der Waals surface area (Å²) < 4.78 is 0. The summed E-state index contributed by atoms with van der Waals surface area (Å²) in [6, 6.07) is 2.57. The maximum absolute atomic E-state index is 11.5. The van der Waals surface area contributed by atoms with Crippen LogP contribution in [0.2, 0.25) is 0 Å². The number of aromatic nitrogens is 1. The highest BCUT2D eigenvalue weighted by Gasteiger charge is 2.18. The third kappa shape index (κ3) is 4.92. The van der Waals surface area contributed by atoms with Gasteiger partial charge in [0.1, 0.15) is 6.04 Å². The fourth-order valence-corrected chi connectivity index (χ4v) is 1.46. The van der Waals surface area contributed by atoms with Gasteiger partial charge in [0.25, 0.3) is 0 Å². The molecule has 0 bridgehead atoms. The van der Waals surface area contributed by atoms with Gasteiger partial charge in [0.05, 0.1) is 0 Å². The first kappa shape index (κ1) is 14.1. The first-order valence-corrected chi connectivity index (χ1v) is 5.65. The summed E-state index contributed by atoms with van der Waals surface area (Å²) in [6.07, 6.45) is 4.02. The van der Waals surface area contributed by atoms with Crippen LogP contribution in [0.4, 0.5) is 0 Å². The number of nitrogens with one attached hydrogen (secondary N) is 1. The van der Waals surface area contributed by atoms with Gasteiger partial charge in [-0.2, -0.15) is 0 Å². The summed E-state index contributed by atoms with van der Waals surface area (Å²) in [5.41, 5.74) is 0.967. The van der Waals surface area contributed by atoms with Gasteiger partial charge in [-0.15, -0.1) is 0 Å². The number of carboxylic acids is 1. The highest BCUT2D eigenvalue weighted by atomic mass is 16.4. The number of nitrogens with zero attached hydrogens (tertiary/aromatic N) is 1. The third-order valence-electron chi connectivity index (χ3n) is 2.44. The van der Waals surface area contributed by atoms with Gasteiger partial charge in [-0.25, -0.2) is 4.79 Å². The first-order chi connectivity index (χ1) is 8.63. The van der Waals surface area contributed by atoms with Crippen LogP contribution in [-0.4, -0.2) is 39.7 Å². The van der Waals surface area contributed by atoms with Gasteiger partial charge in [-0.3, -0.25) is 9.78 Å². The number of pyridine rings is 1. The maximum Gasteiger partial charge on any atom is 0.326 e. The molecule has 6 nitrogen and oxygen atoms in total. The Morgan fingerprint density at radius 3 is 2.56 bits per heavy atom. The third-order valence-corrected chi connectivity index (χ3v) is 2.44. The van der Waals surface area contributed by atoms with Crippen molar-refractivity contribution < 1.29 is 19.8 Å². The van der Waals surface area contributed by atoms with Crippen molar-refractivity contribution in [1.82, 2.24) is 10.3 Å². The first-order valence-electron chi connectivity index (χ1n) is 5.65. The zero-order valence-electron chi connectivity index (χ0n) is 9.87. The van der Waals surface area contributed by atoms with E-state index in [1.54, 1.807) is 24.5 Å². The van der Waals surface area contributed by atoms with E-state index in [1.165, 1.54) is 0 Å². The molecule has 0 saturated carbocycles. The summed E-state index contributed by atoms with van der Waals surface area (Å²) in [5.74, 6) is -1.48. The van der Waals surface area contributed by atoms with Gasteiger partial charge < -0.3 is 15.5 Å². The summed E-state index contributed by atoms with van der Waals surface area (Å²) in [7, 11) is 0. The number of amides is 1. The predicted molar refractivity (Wildman–Crippen MR) is 63.8 cm³/mol. The minimum absolute atomic E-state index is 0.0102. The molecule has 0 saturated heterocycles. The molecule has 3 N–H and O–H groups in total. The van der Waals surface area contributed by atoms with E-state index in [0.29, 0.717) is 6.42 Å². The molecule has 0 aliphatic carbocycles. The number of aliphatic hydroxyl groups is 1. The average Bonchev–Trinajstić information content (AvgIpc) is 2.37. The lowest BCUT2D eigenvalue weighted by atomic mass is 10.1. The van der Waals surface area contributed by atoms with Gasteiger partial charge in [-0.05, 0) is 24.1 Å². The van der Waals surface area contributed by atoms with Crippen LogP contribution in [0, 0.1) is 0 Å². The zero-order valence-corrected chi connectivity index (χ0v) is 9.87. The molecule has 1 aromatic rings. The summed E-state index contributed by atoms with van der Waals surface area (Å²) in [6.45, 7) is -0.276. The molecule has 0 radical (unpaired) electrons. The van der Waals surface area contributed by atoms with Crippen LogP contribution >= 0.6 is 0 Å². The number of carboxylic acid groups (broad SMARTS) is 1. The fourth-order valence-electron chi connectivity index (χ4n) is 1.46. The lowest BCUT2D eigenvalue weighted by Gasteiger charge is -2.12. The van der Waals surface area contributed by atoms with Crippen molar-refractivity contribution in [1.29, 1.82) is 0 Å². The van der Waals surface area contributed by atoms with Gasteiger partial charge in [0.15, 0.2) is 0 Å². The molecule has 18 heavy (non-hydrogen) atoms. The number of aliphatic hydroxyl groups excluding tert-OH is 1. The average molecular weight is 252 g/mol. The molecule has 1 aromatic heterocycles. The van der Waals surface area contributed by atoms with E-state index in [4.69, 9.17) is 10.2 Å². The van der Waals surface area contributed by atoms with Crippen molar-refractivity contribution in [2.24, 2.45) is 0 Å². The number of carbonyl (C=O) groups is 2. The van der Waals surface area contributed by atoms with Gasteiger partial charge in [0.2, 0.25) is 5.91 Å². The topological polar surface area (TPSA) is 99.5 Å². The van der Waals surface area contributed by atoms with Gasteiger partial charge in [0, 0.05) is 31.8 Å². The van der Waals surface area contributed by atoms with Crippen molar-refractivity contribution in [2.75, 3.05) is 6.61 Å². The van der Waals surface area contributed by atoms with Crippen LogP contribution in [-0.2, 0) is 16.0 Å². The Labute approximate surface area is 105 Å². The Balaban J connectivity index is 2.39. The van der Waals surface area contributed by atoms with Crippen molar-refractivity contribution in [2.45, 2.75) is 25.3 Å². The standard InChI is InChI=1S/C12H16N2O4/c15-8-5-10(12(17)18)14-11(16)2-1-9-3-6-13-7-4-9/h3-4,6-7,10,15H,1-2,5,8H2,(H,14,16)(H,17,18)/t10-/m0/s1. The molecule has 0 aromatic carbocycles. The Kier molecular flexibility index (Phi) is 5.79. The van der Waals surface area contributed by atoms with Crippen LogP contribution in [0.25, 0.3) is 0 Å². The molecule has 1 atom stereocenters. The van der Waals surface area contributed by atoms with Crippen LogP contribution in [0.15, 0.2) is 24.5 Å². The molecule has 0 fully saturated rings. The quantitative estimate of drug-likeness (QED) is 0.632. The Hall–Kier alpha value is -1.95. The second-order valence-electron chi connectivity index (χ2n) is 3.83. The molecule has 1 heterocycles. The van der Waals surface area contributed by atoms with Crippen LogP contribution in [0.1, 0.15) is 18.4 Å². The molecule has 0 spiro atoms. The molecular weight excluding hydrogens is 236 g/mol.